The van der Waals surface area contributed by atoms with Gasteiger partial charge in [0, 0.05) is 16.7 Å². The molecule has 112 valence electrons. The van der Waals surface area contributed by atoms with E-state index in [-0.39, 0.29) is 5.91 Å². The van der Waals surface area contributed by atoms with Crippen LogP contribution < -0.4 is 5.43 Å². The zero-order valence-corrected chi connectivity index (χ0v) is 12.5. The lowest BCUT2D eigenvalue weighted by Crippen LogP contribution is -2.20. The molecule has 3 aromatic carbocycles. The summed E-state index contributed by atoms with van der Waals surface area (Å²) in [4.78, 5) is 12.2. The minimum absolute atomic E-state index is 0.227. The highest BCUT2D eigenvalue weighted by atomic mass is 16.2. The number of hydrazone groups is 1. The maximum atomic E-state index is 12.2. The molecule has 0 atom stereocenters. The van der Waals surface area contributed by atoms with Crippen molar-refractivity contribution in [2.45, 2.75) is 0 Å². The van der Waals surface area contributed by atoms with Crippen molar-refractivity contribution in [2.24, 2.45) is 5.10 Å². The van der Waals surface area contributed by atoms with E-state index in [9.17, 15) is 4.79 Å². The normalized spacial score (nSPS) is 9.91. The molecule has 0 fully saturated rings. The lowest BCUT2D eigenvalue weighted by atomic mass is 10.0. The predicted octanol–water partition coefficient (Wildman–Crippen LogP) is 3.87. The number of carbonyl (C=O) groups is 1. The molecule has 3 aromatic rings. The average molecular weight is 300 g/mol. The molecule has 0 spiro atoms. The Morgan fingerprint density at radius 3 is 1.43 bits per heavy atom. The molecule has 23 heavy (non-hydrogen) atoms. The van der Waals surface area contributed by atoms with Gasteiger partial charge in [-0.05, 0) is 12.1 Å². The van der Waals surface area contributed by atoms with Crippen LogP contribution in [0.4, 0.5) is 0 Å². The summed E-state index contributed by atoms with van der Waals surface area (Å²) < 4.78 is 0. The maximum Gasteiger partial charge on any atom is 0.271 e. The van der Waals surface area contributed by atoms with Gasteiger partial charge >= 0.3 is 0 Å². The fraction of sp³-hybridized carbons (Fsp3) is 0. The number of hydrogen-bond acceptors (Lipinski definition) is 2. The van der Waals surface area contributed by atoms with Gasteiger partial charge in [-0.3, -0.25) is 4.79 Å². The van der Waals surface area contributed by atoms with Crippen molar-refractivity contribution in [1.82, 2.24) is 5.43 Å². The second kappa shape index (κ2) is 7.18. The van der Waals surface area contributed by atoms with Crippen LogP contribution in [0.15, 0.2) is 96.1 Å². The third-order valence-electron chi connectivity index (χ3n) is 3.40. The van der Waals surface area contributed by atoms with Gasteiger partial charge in [0.1, 0.15) is 0 Å². The molecule has 0 unspecified atom stereocenters. The highest BCUT2D eigenvalue weighted by Crippen LogP contribution is 2.10. The van der Waals surface area contributed by atoms with E-state index in [1.165, 1.54) is 0 Å². The number of amides is 1. The first-order valence-corrected chi connectivity index (χ1v) is 7.38. The highest BCUT2D eigenvalue weighted by Gasteiger charge is 2.08. The van der Waals surface area contributed by atoms with E-state index in [2.05, 4.69) is 10.5 Å². The van der Waals surface area contributed by atoms with Crippen LogP contribution in [-0.2, 0) is 0 Å². The Balaban J connectivity index is 1.91. The molecule has 0 saturated carbocycles. The number of nitrogens with zero attached hydrogens (tertiary/aromatic N) is 1. The van der Waals surface area contributed by atoms with Crippen molar-refractivity contribution in [3.63, 3.8) is 0 Å². The molecule has 1 N–H and O–H groups in total. The van der Waals surface area contributed by atoms with E-state index in [1.807, 2.05) is 78.9 Å². The topological polar surface area (TPSA) is 41.5 Å². The van der Waals surface area contributed by atoms with Crippen LogP contribution in [0, 0.1) is 0 Å². The van der Waals surface area contributed by atoms with Gasteiger partial charge in [-0.25, -0.2) is 5.43 Å². The Kier molecular flexibility index (Phi) is 4.60. The maximum absolute atomic E-state index is 12.2. The smallest absolute Gasteiger partial charge is 0.267 e. The van der Waals surface area contributed by atoms with Crippen LogP contribution in [0.25, 0.3) is 0 Å². The summed E-state index contributed by atoms with van der Waals surface area (Å²) >= 11 is 0. The summed E-state index contributed by atoms with van der Waals surface area (Å²) in [5, 5.41) is 4.36. The van der Waals surface area contributed by atoms with Gasteiger partial charge in [0.15, 0.2) is 0 Å². The SMILES string of the molecule is O=C(NN=C(c1ccccc1)c1ccccc1)c1ccccc1. The lowest BCUT2D eigenvalue weighted by Gasteiger charge is -2.08. The fourth-order valence-corrected chi connectivity index (χ4v) is 2.25. The number of rotatable bonds is 4. The minimum atomic E-state index is -0.227. The Labute approximate surface area is 135 Å². The average Bonchev–Trinajstić information content (AvgIpc) is 2.64. The molecular weight excluding hydrogens is 284 g/mol. The van der Waals surface area contributed by atoms with Crippen molar-refractivity contribution in [3.05, 3.63) is 108 Å². The molecular formula is C20H16N2O. The Hall–Kier alpha value is -3.20. The van der Waals surface area contributed by atoms with Gasteiger partial charge in [-0.1, -0.05) is 78.9 Å². The molecule has 3 rings (SSSR count). The molecule has 0 aliphatic heterocycles. The van der Waals surface area contributed by atoms with E-state index in [1.54, 1.807) is 12.1 Å². The van der Waals surface area contributed by atoms with Crippen LogP contribution in [0.2, 0.25) is 0 Å². The van der Waals surface area contributed by atoms with Gasteiger partial charge in [-0.15, -0.1) is 0 Å². The van der Waals surface area contributed by atoms with E-state index in [0.29, 0.717) is 5.56 Å². The largest absolute Gasteiger partial charge is 0.271 e. The summed E-state index contributed by atoms with van der Waals surface area (Å²) in [5.74, 6) is -0.227. The van der Waals surface area contributed by atoms with Crippen molar-refractivity contribution in [3.8, 4) is 0 Å². The number of hydrogen-bond donors (Lipinski definition) is 1. The van der Waals surface area contributed by atoms with E-state index >= 15 is 0 Å². The van der Waals surface area contributed by atoms with Gasteiger partial charge in [-0.2, -0.15) is 5.10 Å². The van der Waals surface area contributed by atoms with Crippen LogP contribution in [0.1, 0.15) is 21.5 Å². The minimum Gasteiger partial charge on any atom is -0.267 e. The zero-order valence-electron chi connectivity index (χ0n) is 12.5. The molecule has 0 bridgehead atoms. The number of nitrogens with one attached hydrogen (secondary N) is 1. The van der Waals surface area contributed by atoms with Crippen molar-refractivity contribution in [1.29, 1.82) is 0 Å². The molecule has 3 nitrogen and oxygen atoms in total. The Morgan fingerprint density at radius 2 is 1.00 bits per heavy atom. The zero-order chi connectivity index (χ0) is 15.9. The summed E-state index contributed by atoms with van der Waals surface area (Å²) in [5.41, 5.74) is 5.86. The molecule has 0 aliphatic rings. The standard InChI is InChI=1S/C20H16N2O/c23-20(18-14-8-3-9-15-18)22-21-19(16-10-4-1-5-11-16)17-12-6-2-7-13-17/h1-15H,(H,22,23). The van der Waals surface area contributed by atoms with Gasteiger partial charge in [0.25, 0.3) is 5.91 Å². The van der Waals surface area contributed by atoms with E-state index in [0.717, 1.165) is 16.8 Å². The number of benzene rings is 3. The first kappa shape index (κ1) is 14.7. The molecule has 0 aliphatic carbocycles. The van der Waals surface area contributed by atoms with Crippen LogP contribution in [0.3, 0.4) is 0 Å². The Bertz CT molecular complexity index is 755. The molecule has 0 aromatic heterocycles. The lowest BCUT2D eigenvalue weighted by molar-refractivity contribution is 0.0955. The number of carbonyl (C=O) groups excluding carboxylic acids is 1. The van der Waals surface area contributed by atoms with Crippen LogP contribution in [-0.4, -0.2) is 11.6 Å². The molecule has 1 amide bonds. The predicted molar refractivity (Wildman–Crippen MR) is 92.4 cm³/mol. The molecule has 0 saturated heterocycles. The van der Waals surface area contributed by atoms with Gasteiger partial charge in [0.2, 0.25) is 0 Å². The van der Waals surface area contributed by atoms with Crippen molar-refractivity contribution < 1.29 is 4.79 Å². The third kappa shape index (κ3) is 3.71. The Morgan fingerprint density at radius 1 is 0.609 bits per heavy atom. The second-order valence-corrected chi connectivity index (χ2v) is 5.00. The highest BCUT2D eigenvalue weighted by molar-refractivity contribution is 6.13. The van der Waals surface area contributed by atoms with Gasteiger partial charge < -0.3 is 0 Å². The fourth-order valence-electron chi connectivity index (χ4n) is 2.25. The van der Waals surface area contributed by atoms with Gasteiger partial charge in [0.05, 0.1) is 5.71 Å². The van der Waals surface area contributed by atoms with Crippen molar-refractivity contribution in [2.75, 3.05) is 0 Å². The van der Waals surface area contributed by atoms with Crippen molar-refractivity contribution >= 4 is 11.6 Å². The molecule has 0 heterocycles. The molecule has 0 radical (unpaired) electrons. The second-order valence-electron chi connectivity index (χ2n) is 5.00. The summed E-state index contributed by atoms with van der Waals surface area (Å²) in [6, 6.07) is 28.6. The molecule has 3 heteroatoms. The van der Waals surface area contributed by atoms with Crippen LogP contribution >= 0.6 is 0 Å². The third-order valence-corrected chi connectivity index (χ3v) is 3.40. The van der Waals surface area contributed by atoms with E-state index < -0.39 is 0 Å². The summed E-state index contributed by atoms with van der Waals surface area (Å²) in [6.07, 6.45) is 0. The monoisotopic (exact) mass is 300 g/mol. The summed E-state index contributed by atoms with van der Waals surface area (Å²) in [6.45, 7) is 0. The quantitative estimate of drug-likeness (QED) is 0.577. The van der Waals surface area contributed by atoms with E-state index in [4.69, 9.17) is 0 Å². The first-order chi connectivity index (χ1) is 11.3. The summed E-state index contributed by atoms with van der Waals surface area (Å²) in [7, 11) is 0. The van der Waals surface area contributed by atoms with Crippen LogP contribution in [0.5, 0.6) is 0 Å². The first-order valence-electron chi connectivity index (χ1n) is 7.38.